The van der Waals surface area contributed by atoms with Gasteiger partial charge in [-0.2, -0.15) is 0 Å². The molecule has 0 unspecified atom stereocenters. The number of allylic oxidation sites excluding steroid dienone is 1. The highest BCUT2D eigenvalue weighted by atomic mass is 79.9. The number of methoxy groups -OCH3 is 1. The van der Waals surface area contributed by atoms with Crippen LogP contribution in [0.5, 0.6) is 11.5 Å². The first-order chi connectivity index (χ1) is 7.04. The van der Waals surface area contributed by atoms with E-state index in [0.717, 1.165) is 5.56 Å². The summed E-state index contributed by atoms with van der Waals surface area (Å²) in [6.07, 6.45) is 3.12. The van der Waals surface area contributed by atoms with Crippen molar-refractivity contribution < 1.29 is 14.6 Å². The summed E-state index contributed by atoms with van der Waals surface area (Å²) in [7, 11) is 1.47. The topological polar surface area (TPSA) is 46.5 Å². The number of phenolic OH excluding ortho intramolecular Hbond substituents is 1. The molecule has 0 aliphatic heterocycles. The van der Waals surface area contributed by atoms with Gasteiger partial charge >= 0.3 is 0 Å². The van der Waals surface area contributed by atoms with Crippen molar-refractivity contribution in [1.29, 1.82) is 0 Å². The van der Waals surface area contributed by atoms with Gasteiger partial charge in [0.2, 0.25) is 0 Å². The van der Waals surface area contributed by atoms with Crippen molar-refractivity contribution in [2.24, 2.45) is 0 Å². The zero-order chi connectivity index (χ0) is 11.4. The number of hydrogen-bond acceptors (Lipinski definition) is 3. The van der Waals surface area contributed by atoms with Gasteiger partial charge in [-0.05, 0) is 30.7 Å². The van der Waals surface area contributed by atoms with Gasteiger partial charge < -0.3 is 9.84 Å². The van der Waals surface area contributed by atoms with E-state index < -0.39 is 0 Å². The molecule has 0 fully saturated rings. The van der Waals surface area contributed by atoms with Crippen LogP contribution in [0.4, 0.5) is 0 Å². The first-order valence-corrected chi connectivity index (χ1v) is 5.09. The van der Waals surface area contributed by atoms with Crippen LogP contribution in [-0.4, -0.2) is 18.0 Å². The Bertz CT molecular complexity index is 411. The number of hydrogen-bond donors (Lipinski definition) is 1. The van der Waals surface area contributed by atoms with Gasteiger partial charge in [0.1, 0.15) is 0 Å². The molecule has 0 heterocycles. The highest BCUT2D eigenvalue weighted by Gasteiger charge is 2.05. The lowest BCUT2D eigenvalue weighted by molar-refractivity contribution is -0.112. The van der Waals surface area contributed by atoms with Crippen molar-refractivity contribution in [1.82, 2.24) is 0 Å². The molecule has 3 nitrogen and oxygen atoms in total. The molecule has 1 aromatic rings. The van der Waals surface area contributed by atoms with Crippen LogP contribution in [0.25, 0.3) is 6.08 Å². The Balaban J connectivity index is 3.13. The third kappa shape index (κ3) is 3.09. The molecule has 1 aromatic carbocycles. The average molecular weight is 271 g/mol. The van der Waals surface area contributed by atoms with Gasteiger partial charge in [0.05, 0.1) is 7.11 Å². The molecule has 0 bridgehead atoms. The number of carbonyl (C=O) groups is 1. The number of ketones is 1. The number of phenols is 1. The lowest BCUT2D eigenvalue weighted by Crippen LogP contribution is -1.87. The van der Waals surface area contributed by atoms with Gasteiger partial charge in [-0.25, -0.2) is 0 Å². The Hall–Kier alpha value is -1.29. The number of ether oxygens (including phenoxy) is 1. The average Bonchev–Trinajstić information content (AvgIpc) is 2.16. The van der Waals surface area contributed by atoms with Crippen LogP contribution < -0.4 is 4.74 Å². The monoisotopic (exact) mass is 270 g/mol. The summed E-state index contributed by atoms with van der Waals surface area (Å²) < 4.78 is 5.66. The van der Waals surface area contributed by atoms with Crippen LogP contribution in [0, 0.1) is 0 Å². The Morgan fingerprint density at radius 1 is 1.53 bits per heavy atom. The fraction of sp³-hybridized carbons (Fsp3) is 0.182. The van der Waals surface area contributed by atoms with Gasteiger partial charge in [0.15, 0.2) is 17.3 Å². The molecule has 0 atom stereocenters. The van der Waals surface area contributed by atoms with E-state index >= 15 is 0 Å². The van der Waals surface area contributed by atoms with E-state index in [1.165, 1.54) is 26.2 Å². The largest absolute Gasteiger partial charge is 0.504 e. The highest BCUT2D eigenvalue weighted by molar-refractivity contribution is 9.10. The van der Waals surface area contributed by atoms with E-state index in [0.29, 0.717) is 10.2 Å². The first kappa shape index (κ1) is 11.8. The maximum Gasteiger partial charge on any atom is 0.161 e. The lowest BCUT2D eigenvalue weighted by Gasteiger charge is -2.06. The van der Waals surface area contributed by atoms with Crippen molar-refractivity contribution in [2.75, 3.05) is 7.11 Å². The molecular formula is C11H11BrO3. The molecule has 15 heavy (non-hydrogen) atoms. The molecule has 4 heteroatoms. The number of rotatable bonds is 3. The van der Waals surface area contributed by atoms with E-state index in [2.05, 4.69) is 15.9 Å². The standard InChI is InChI=1S/C11H11BrO3/c1-7(13)3-4-8-5-11(15-2)10(14)6-9(8)12/h3-6,14H,1-2H3/b4-3+. The SMILES string of the molecule is COc1cc(/C=C/C(C)=O)c(Br)cc1O. The molecule has 0 saturated heterocycles. The van der Waals surface area contributed by atoms with Gasteiger partial charge in [-0.1, -0.05) is 22.0 Å². The number of benzene rings is 1. The summed E-state index contributed by atoms with van der Waals surface area (Å²) in [5, 5.41) is 9.45. The normalized spacial score (nSPS) is 10.6. The number of carbonyl (C=O) groups excluding carboxylic acids is 1. The van der Waals surface area contributed by atoms with Crippen molar-refractivity contribution in [3.05, 3.63) is 28.2 Å². The molecule has 0 radical (unpaired) electrons. The summed E-state index contributed by atoms with van der Waals surface area (Å²) in [5.74, 6) is 0.402. The van der Waals surface area contributed by atoms with E-state index in [4.69, 9.17) is 4.74 Å². The molecule has 1 N–H and O–H groups in total. The third-order valence-electron chi connectivity index (χ3n) is 1.80. The fourth-order valence-corrected chi connectivity index (χ4v) is 1.52. The minimum Gasteiger partial charge on any atom is -0.504 e. The van der Waals surface area contributed by atoms with Crippen LogP contribution >= 0.6 is 15.9 Å². The molecule has 80 valence electrons. The zero-order valence-electron chi connectivity index (χ0n) is 8.45. The Labute approximate surface area is 96.5 Å². The van der Waals surface area contributed by atoms with Gasteiger partial charge in [-0.3, -0.25) is 4.79 Å². The number of aromatic hydroxyl groups is 1. The highest BCUT2D eigenvalue weighted by Crippen LogP contribution is 2.32. The van der Waals surface area contributed by atoms with Crippen LogP contribution in [0.15, 0.2) is 22.7 Å². The van der Waals surface area contributed by atoms with E-state index in [1.807, 2.05) is 0 Å². The molecule has 0 saturated carbocycles. The minimum absolute atomic E-state index is 0.0334. The second-order valence-electron chi connectivity index (χ2n) is 2.99. The summed E-state index contributed by atoms with van der Waals surface area (Å²) >= 11 is 3.28. The lowest BCUT2D eigenvalue weighted by atomic mass is 10.2. The van der Waals surface area contributed by atoms with Gasteiger partial charge in [0.25, 0.3) is 0 Å². The first-order valence-electron chi connectivity index (χ1n) is 4.29. The zero-order valence-corrected chi connectivity index (χ0v) is 10.0. The molecule has 0 aromatic heterocycles. The Morgan fingerprint density at radius 2 is 2.20 bits per heavy atom. The van der Waals surface area contributed by atoms with Crippen LogP contribution in [0.2, 0.25) is 0 Å². The van der Waals surface area contributed by atoms with Crippen molar-refractivity contribution in [3.8, 4) is 11.5 Å². The van der Waals surface area contributed by atoms with E-state index in [-0.39, 0.29) is 11.5 Å². The summed E-state index contributed by atoms with van der Waals surface area (Å²) in [6, 6.07) is 3.18. The molecule has 0 aliphatic rings. The molecular weight excluding hydrogens is 260 g/mol. The number of halogens is 1. The summed E-state index contributed by atoms with van der Waals surface area (Å²) in [5.41, 5.74) is 0.778. The molecule has 0 amide bonds. The van der Waals surface area contributed by atoms with Crippen molar-refractivity contribution in [2.45, 2.75) is 6.92 Å². The van der Waals surface area contributed by atoms with Crippen LogP contribution in [0.1, 0.15) is 12.5 Å². The van der Waals surface area contributed by atoms with Crippen LogP contribution in [0.3, 0.4) is 0 Å². The summed E-state index contributed by atoms with van der Waals surface area (Å²) in [6.45, 7) is 1.47. The summed E-state index contributed by atoms with van der Waals surface area (Å²) in [4.78, 5) is 10.8. The second kappa shape index (κ2) is 4.98. The second-order valence-corrected chi connectivity index (χ2v) is 3.84. The smallest absolute Gasteiger partial charge is 0.161 e. The molecule has 1 rings (SSSR count). The van der Waals surface area contributed by atoms with E-state index in [1.54, 1.807) is 12.1 Å². The predicted octanol–water partition coefficient (Wildman–Crippen LogP) is 2.77. The van der Waals surface area contributed by atoms with E-state index in [9.17, 15) is 9.90 Å². The predicted molar refractivity (Wildman–Crippen MR) is 62.1 cm³/mol. The molecule has 0 aliphatic carbocycles. The van der Waals surface area contributed by atoms with Crippen LogP contribution in [-0.2, 0) is 4.79 Å². The van der Waals surface area contributed by atoms with Crippen molar-refractivity contribution >= 4 is 27.8 Å². The van der Waals surface area contributed by atoms with Gasteiger partial charge in [-0.15, -0.1) is 0 Å². The molecule has 0 spiro atoms. The quantitative estimate of drug-likeness (QED) is 0.860. The Morgan fingerprint density at radius 3 is 2.73 bits per heavy atom. The Kier molecular flexibility index (Phi) is 3.91. The minimum atomic E-state index is -0.0334. The third-order valence-corrected chi connectivity index (χ3v) is 2.48. The maximum atomic E-state index is 10.8. The van der Waals surface area contributed by atoms with Crippen molar-refractivity contribution in [3.63, 3.8) is 0 Å². The van der Waals surface area contributed by atoms with Gasteiger partial charge in [0, 0.05) is 4.47 Å². The maximum absolute atomic E-state index is 10.8. The fourth-order valence-electron chi connectivity index (χ4n) is 1.06.